The second-order valence-corrected chi connectivity index (χ2v) is 4.98. The summed E-state index contributed by atoms with van der Waals surface area (Å²) in [6.07, 6.45) is 0. The standard InChI is InChI=1S/C15H17ClN2/c1-18(10-12-4-2-6-14(16)8-12)11-13-5-3-7-15(17)9-13/h2-9H,10-11,17H2,1H3. The van der Waals surface area contributed by atoms with E-state index in [1.54, 1.807) is 0 Å². The van der Waals surface area contributed by atoms with Crippen LogP contribution in [0.2, 0.25) is 5.02 Å². The van der Waals surface area contributed by atoms with E-state index in [9.17, 15) is 0 Å². The lowest BCUT2D eigenvalue weighted by atomic mass is 10.1. The molecule has 0 aliphatic carbocycles. The van der Waals surface area contributed by atoms with Gasteiger partial charge in [-0.25, -0.2) is 0 Å². The van der Waals surface area contributed by atoms with Gasteiger partial charge in [-0.05, 0) is 42.4 Å². The van der Waals surface area contributed by atoms with E-state index in [4.69, 9.17) is 17.3 Å². The first kappa shape index (κ1) is 12.9. The number of nitrogen functional groups attached to an aromatic ring is 1. The number of halogens is 1. The molecule has 2 aromatic rings. The number of hydrogen-bond donors (Lipinski definition) is 1. The smallest absolute Gasteiger partial charge is 0.0409 e. The molecule has 0 aromatic heterocycles. The van der Waals surface area contributed by atoms with Gasteiger partial charge in [0.25, 0.3) is 0 Å². The largest absolute Gasteiger partial charge is 0.399 e. The molecule has 0 aliphatic heterocycles. The molecule has 0 aliphatic rings. The Morgan fingerprint density at radius 1 is 1.00 bits per heavy atom. The second kappa shape index (κ2) is 5.89. The molecule has 3 heteroatoms. The highest BCUT2D eigenvalue weighted by Gasteiger charge is 2.02. The van der Waals surface area contributed by atoms with Crippen molar-refractivity contribution in [3.8, 4) is 0 Å². The van der Waals surface area contributed by atoms with E-state index >= 15 is 0 Å². The fraction of sp³-hybridized carbons (Fsp3) is 0.200. The first-order valence-electron chi connectivity index (χ1n) is 5.91. The quantitative estimate of drug-likeness (QED) is 0.852. The molecule has 0 radical (unpaired) electrons. The maximum Gasteiger partial charge on any atom is 0.0409 e. The minimum absolute atomic E-state index is 0.782. The zero-order valence-electron chi connectivity index (χ0n) is 10.4. The fourth-order valence-corrected chi connectivity index (χ4v) is 2.22. The van der Waals surface area contributed by atoms with Crippen LogP contribution in [0.3, 0.4) is 0 Å². The zero-order valence-corrected chi connectivity index (χ0v) is 11.2. The number of rotatable bonds is 4. The van der Waals surface area contributed by atoms with E-state index in [2.05, 4.69) is 24.1 Å². The third-order valence-corrected chi connectivity index (χ3v) is 2.98. The molecule has 0 heterocycles. The molecule has 0 fully saturated rings. The Kier molecular flexibility index (Phi) is 4.24. The van der Waals surface area contributed by atoms with Gasteiger partial charge in [0.1, 0.15) is 0 Å². The number of anilines is 1. The minimum atomic E-state index is 0.782. The van der Waals surface area contributed by atoms with Crippen molar-refractivity contribution in [2.24, 2.45) is 0 Å². The molecule has 0 bridgehead atoms. The van der Waals surface area contributed by atoms with Crippen LogP contribution in [0.25, 0.3) is 0 Å². The van der Waals surface area contributed by atoms with Gasteiger partial charge in [0, 0.05) is 23.8 Å². The van der Waals surface area contributed by atoms with Crippen LogP contribution in [-0.2, 0) is 13.1 Å². The van der Waals surface area contributed by atoms with Gasteiger partial charge in [0.15, 0.2) is 0 Å². The van der Waals surface area contributed by atoms with Crippen LogP contribution in [0.15, 0.2) is 48.5 Å². The van der Waals surface area contributed by atoms with Gasteiger partial charge in [-0.15, -0.1) is 0 Å². The molecule has 2 rings (SSSR count). The van der Waals surface area contributed by atoms with Crippen LogP contribution in [-0.4, -0.2) is 11.9 Å². The number of benzene rings is 2. The molecule has 18 heavy (non-hydrogen) atoms. The summed E-state index contributed by atoms with van der Waals surface area (Å²) >= 11 is 5.97. The van der Waals surface area contributed by atoms with Gasteiger partial charge >= 0.3 is 0 Å². The fourth-order valence-electron chi connectivity index (χ4n) is 2.01. The molecular weight excluding hydrogens is 244 g/mol. The van der Waals surface area contributed by atoms with E-state index in [1.165, 1.54) is 11.1 Å². The summed E-state index contributed by atoms with van der Waals surface area (Å²) in [5.41, 5.74) is 9.02. The van der Waals surface area contributed by atoms with Gasteiger partial charge in [0.05, 0.1) is 0 Å². The monoisotopic (exact) mass is 260 g/mol. The molecule has 0 atom stereocenters. The maximum absolute atomic E-state index is 5.97. The minimum Gasteiger partial charge on any atom is -0.399 e. The van der Waals surface area contributed by atoms with Gasteiger partial charge in [0.2, 0.25) is 0 Å². The van der Waals surface area contributed by atoms with Gasteiger partial charge in [-0.2, -0.15) is 0 Å². The van der Waals surface area contributed by atoms with Crippen LogP contribution in [0.1, 0.15) is 11.1 Å². The Bertz CT molecular complexity index is 478. The predicted molar refractivity (Wildman–Crippen MR) is 77.5 cm³/mol. The summed E-state index contributed by atoms with van der Waals surface area (Å²) < 4.78 is 0. The lowest BCUT2D eigenvalue weighted by molar-refractivity contribution is 0.319. The molecule has 2 N–H and O–H groups in total. The molecule has 0 saturated heterocycles. The van der Waals surface area contributed by atoms with E-state index in [0.717, 1.165) is 23.8 Å². The van der Waals surface area contributed by atoms with E-state index in [0.29, 0.717) is 0 Å². The van der Waals surface area contributed by atoms with Crippen molar-refractivity contribution in [2.75, 3.05) is 12.8 Å². The average Bonchev–Trinajstić information content (AvgIpc) is 2.28. The van der Waals surface area contributed by atoms with E-state index in [-0.39, 0.29) is 0 Å². The molecule has 2 nitrogen and oxygen atoms in total. The summed E-state index contributed by atoms with van der Waals surface area (Å²) in [5.74, 6) is 0. The Morgan fingerprint density at radius 3 is 2.22 bits per heavy atom. The molecule has 0 unspecified atom stereocenters. The van der Waals surface area contributed by atoms with Crippen LogP contribution in [0.5, 0.6) is 0 Å². The summed E-state index contributed by atoms with van der Waals surface area (Å²) in [4.78, 5) is 2.24. The van der Waals surface area contributed by atoms with Crippen molar-refractivity contribution in [3.05, 3.63) is 64.7 Å². The third-order valence-electron chi connectivity index (χ3n) is 2.75. The van der Waals surface area contributed by atoms with E-state index < -0.39 is 0 Å². The van der Waals surface area contributed by atoms with Crippen LogP contribution in [0.4, 0.5) is 5.69 Å². The lowest BCUT2D eigenvalue weighted by Crippen LogP contribution is -2.17. The Balaban J connectivity index is 1.98. The van der Waals surface area contributed by atoms with Crippen LogP contribution < -0.4 is 5.73 Å². The van der Waals surface area contributed by atoms with Crippen LogP contribution >= 0.6 is 11.6 Å². The Hall–Kier alpha value is -1.51. The first-order chi connectivity index (χ1) is 8.63. The van der Waals surface area contributed by atoms with Crippen molar-refractivity contribution in [2.45, 2.75) is 13.1 Å². The number of nitrogens with zero attached hydrogens (tertiary/aromatic N) is 1. The molecule has 0 saturated carbocycles. The van der Waals surface area contributed by atoms with Gasteiger partial charge < -0.3 is 5.73 Å². The summed E-state index contributed by atoms with van der Waals surface area (Å²) in [6, 6.07) is 15.9. The van der Waals surface area contributed by atoms with Crippen molar-refractivity contribution in [1.82, 2.24) is 4.90 Å². The second-order valence-electron chi connectivity index (χ2n) is 4.55. The van der Waals surface area contributed by atoms with Crippen molar-refractivity contribution >= 4 is 17.3 Å². The Labute approximate surface area is 113 Å². The maximum atomic E-state index is 5.97. The molecule has 0 amide bonds. The van der Waals surface area contributed by atoms with E-state index in [1.807, 2.05) is 36.4 Å². The predicted octanol–water partition coefficient (Wildman–Crippen LogP) is 3.55. The molecular formula is C15H17ClN2. The molecule has 0 spiro atoms. The van der Waals surface area contributed by atoms with Crippen molar-refractivity contribution in [1.29, 1.82) is 0 Å². The van der Waals surface area contributed by atoms with Crippen LogP contribution in [0, 0.1) is 0 Å². The van der Waals surface area contributed by atoms with Gasteiger partial charge in [-0.3, -0.25) is 4.90 Å². The normalized spacial score (nSPS) is 10.8. The SMILES string of the molecule is CN(Cc1cccc(N)c1)Cc1cccc(Cl)c1. The highest BCUT2D eigenvalue weighted by Crippen LogP contribution is 2.14. The number of hydrogen-bond acceptors (Lipinski definition) is 2. The highest BCUT2D eigenvalue weighted by atomic mass is 35.5. The summed E-state index contributed by atoms with van der Waals surface area (Å²) in [6.45, 7) is 1.74. The van der Waals surface area contributed by atoms with Crippen molar-refractivity contribution < 1.29 is 0 Å². The molecule has 94 valence electrons. The topological polar surface area (TPSA) is 29.3 Å². The zero-order chi connectivity index (χ0) is 13.0. The Morgan fingerprint density at radius 2 is 1.61 bits per heavy atom. The lowest BCUT2D eigenvalue weighted by Gasteiger charge is -2.17. The third kappa shape index (κ3) is 3.76. The highest BCUT2D eigenvalue weighted by molar-refractivity contribution is 6.30. The average molecular weight is 261 g/mol. The summed E-state index contributed by atoms with van der Waals surface area (Å²) in [7, 11) is 2.09. The van der Waals surface area contributed by atoms with Crippen molar-refractivity contribution in [3.63, 3.8) is 0 Å². The molecule has 2 aromatic carbocycles. The number of nitrogens with two attached hydrogens (primary N) is 1. The summed E-state index contributed by atoms with van der Waals surface area (Å²) in [5, 5.41) is 0.782. The first-order valence-corrected chi connectivity index (χ1v) is 6.29. The van der Waals surface area contributed by atoms with Gasteiger partial charge in [-0.1, -0.05) is 35.9 Å².